The van der Waals surface area contributed by atoms with E-state index in [2.05, 4.69) is 0 Å². The average molecular weight is 371 g/mol. The smallest absolute Gasteiger partial charge is 0.270 e. The maximum Gasteiger partial charge on any atom is 0.270 e. The summed E-state index contributed by atoms with van der Waals surface area (Å²) in [5, 5.41) is 9.89. The van der Waals surface area contributed by atoms with Crippen LogP contribution in [0.2, 0.25) is 0 Å². The standard InChI is InChI=1S/C19H17NO3S2/c1-11-4-6-14(12(2)8-11)20-18(22)17(25-19(20)24)10-13-5-7-16(23-3)15(21)9-13/h4-10,21H,1-3H3/b17-10-. The van der Waals surface area contributed by atoms with Crippen LogP contribution in [0.4, 0.5) is 5.69 Å². The van der Waals surface area contributed by atoms with Crippen LogP contribution in [-0.4, -0.2) is 22.4 Å². The molecular weight excluding hydrogens is 354 g/mol. The normalized spacial score (nSPS) is 16.0. The molecule has 0 spiro atoms. The number of phenolic OH excluding ortho intramolecular Hbond substituents is 1. The molecule has 1 amide bonds. The predicted octanol–water partition coefficient (Wildman–Crippen LogP) is 4.42. The van der Waals surface area contributed by atoms with Crippen LogP contribution in [0.25, 0.3) is 6.08 Å². The summed E-state index contributed by atoms with van der Waals surface area (Å²) in [6.45, 7) is 3.98. The van der Waals surface area contributed by atoms with Crippen LogP contribution in [0.1, 0.15) is 16.7 Å². The molecule has 0 radical (unpaired) electrons. The van der Waals surface area contributed by atoms with Crippen LogP contribution in [0.3, 0.4) is 0 Å². The summed E-state index contributed by atoms with van der Waals surface area (Å²) < 4.78 is 5.53. The van der Waals surface area contributed by atoms with Crippen molar-refractivity contribution in [1.29, 1.82) is 0 Å². The molecule has 2 aromatic carbocycles. The van der Waals surface area contributed by atoms with E-state index in [1.165, 1.54) is 18.9 Å². The van der Waals surface area contributed by atoms with Gasteiger partial charge in [0.05, 0.1) is 17.7 Å². The van der Waals surface area contributed by atoms with Crippen molar-refractivity contribution in [3.05, 3.63) is 58.0 Å². The highest BCUT2D eigenvalue weighted by molar-refractivity contribution is 8.27. The van der Waals surface area contributed by atoms with E-state index in [-0.39, 0.29) is 11.7 Å². The fourth-order valence-corrected chi connectivity index (χ4v) is 3.96. The summed E-state index contributed by atoms with van der Waals surface area (Å²) in [6.07, 6.45) is 1.72. The molecule has 1 aliphatic rings. The molecule has 0 aliphatic carbocycles. The van der Waals surface area contributed by atoms with E-state index < -0.39 is 0 Å². The summed E-state index contributed by atoms with van der Waals surface area (Å²) >= 11 is 6.66. The number of carbonyl (C=O) groups is 1. The lowest BCUT2D eigenvalue weighted by Gasteiger charge is -2.17. The van der Waals surface area contributed by atoms with Crippen molar-refractivity contribution in [1.82, 2.24) is 0 Å². The summed E-state index contributed by atoms with van der Waals surface area (Å²) in [7, 11) is 1.49. The lowest BCUT2D eigenvalue weighted by Crippen LogP contribution is -2.28. The molecule has 128 valence electrons. The maximum absolute atomic E-state index is 12.8. The van der Waals surface area contributed by atoms with Crippen LogP contribution in [0.5, 0.6) is 11.5 Å². The Labute approximate surface area is 156 Å². The second-order valence-corrected chi connectivity index (χ2v) is 7.41. The van der Waals surface area contributed by atoms with Crippen LogP contribution in [0.15, 0.2) is 41.3 Å². The number of aryl methyl sites for hydroxylation is 2. The molecule has 3 rings (SSSR count). The van der Waals surface area contributed by atoms with Gasteiger partial charge in [-0.05, 0) is 49.2 Å². The zero-order chi connectivity index (χ0) is 18.1. The average Bonchev–Trinajstić information content (AvgIpc) is 2.82. The number of anilines is 1. The van der Waals surface area contributed by atoms with E-state index in [1.807, 2.05) is 32.0 Å². The van der Waals surface area contributed by atoms with Crippen molar-refractivity contribution in [3.63, 3.8) is 0 Å². The second-order valence-electron chi connectivity index (χ2n) is 5.74. The zero-order valence-electron chi connectivity index (χ0n) is 14.1. The highest BCUT2D eigenvalue weighted by atomic mass is 32.2. The number of ether oxygens (including phenoxy) is 1. The molecule has 1 N–H and O–H groups in total. The molecule has 0 bridgehead atoms. The molecule has 0 unspecified atom stereocenters. The minimum atomic E-state index is -0.155. The first-order valence-electron chi connectivity index (χ1n) is 7.63. The first-order valence-corrected chi connectivity index (χ1v) is 8.85. The highest BCUT2D eigenvalue weighted by Gasteiger charge is 2.34. The second kappa shape index (κ2) is 6.90. The molecule has 0 saturated carbocycles. The Morgan fingerprint density at radius 1 is 1.20 bits per heavy atom. The van der Waals surface area contributed by atoms with Crippen molar-refractivity contribution in [2.75, 3.05) is 12.0 Å². The number of methoxy groups -OCH3 is 1. The Morgan fingerprint density at radius 3 is 2.60 bits per heavy atom. The maximum atomic E-state index is 12.8. The van der Waals surface area contributed by atoms with Gasteiger partial charge in [0.15, 0.2) is 15.8 Å². The topological polar surface area (TPSA) is 49.8 Å². The van der Waals surface area contributed by atoms with Gasteiger partial charge in [0.2, 0.25) is 0 Å². The first-order chi connectivity index (χ1) is 11.9. The number of phenols is 1. The number of hydrogen-bond acceptors (Lipinski definition) is 5. The van der Waals surface area contributed by atoms with Gasteiger partial charge in [-0.2, -0.15) is 0 Å². The summed E-state index contributed by atoms with van der Waals surface area (Å²) in [6, 6.07) is 10.9. The Balaban J connectivity index is 1.94. The number of nitrogens with zero attached hydrogens (tertiary/aromatic N) is 1. The van der Waals surface area contributed by atoms with E-state index in [4.69, 9.17) is 17.0 Å². The predicted molar refractivity (Wildman–Crippen MR) is 106 cm³/mol. The molecule has 2 aromatic rings. The van der Waals surface area contributed by atoms with E-state index in [0.717, 1.165) is 16.8 Å². The lowest BCUT2D eigenvalue weighted by atomic mass is 10.1. The number of benzene rings is 2. The zero-order valence-corrected chi connectivity index (χ0v) is 15.7. The number of thiocarbonyl (C=S) groups is 1. The number of carbonyl (C=O) groups excluding carboxylic acids is 1. The van der Waals surface area contributed by atoms with Crippen LogP contribution >= 0.6 is 24.0 Å². The summed E-state index contributed by atoms with van der Waals surface area (Å²) in [4.78, 5) is 14.9. The number of hydrogen-bond donors (Lipinski definition) is 1. The van der Waals surface area contributed by atoms with Crippen LogP contribution < -0.4 is 9.64 Å². The Morgan fingerprint density at radius 2 is 1.96 bits per heavy atom. The fourth-order valence-electron chi connectivity index (χ4n) is 2.68. The third-order valence-electron chi connectivity index (χ3n) is 3.89. The van der Waals surface area contributed by atoms with Gasteiger partial charge in [0.25, 0.3) is 5.91 Å². The molecule has 4 nitrogen and oxygen atoms in total. The highest BCUT2D eigenvalue weighted by Crippen LogP contribution is 2.38. The number of amides is 1. The van der Waals surface area contributed by atoms with Crippen molar-refractivity contribution >= 4 is 46.0 Å². The Kier molecular flexibility index (Phi) is 4.83. The molecule has 1 saturated heterocycles. The largest absolute Gasteiger partial charge is 0.504 e. The third kappa shape index (κ3) is 3.41. The van der Waals surface area contributed by atoms with Crippen LogP contribution in [-0.2, 0) is 4.79 Å². The minimum absolute atomic E-state index is 0.0288. The fraction of sp³-hybridized carbons (Fsp3) is 0.158. The third-order valence-corrected chi connectivity index (χ3v) is 5.19. The number of aromatic hydroxyl groups is 1. The summed E-state index contributed by atoms with van der Waals surface area (Å²) in [5.74, 6) is 0.262. The molecule has 6 heteroatoms. The molecule has 1 aliphatic heterocycles. The molecule has 0 atom stereocenters. The summed E-state index contributed by atoms with van der Waals surface area (Å²) in [5.41, 5.74) is 3.64. The quantitative estimate of drug-likeness (QED) is 0.639. The van der Waals surface area contributed by atoms with E-state index >= 15 is 0 Å². The van der Waals surface area contributed by atoms with Crippen molar-refractivity contribution in [2.45, 2.75) is 13.8 Å². The number of rotatable bonds is 3. The van der Waals surface area contributed by atoms with E-state index in [0.29, 0.717) is 20.5 Å². The molecule has 1 fully saturated rings. The van der Waals surface area contributed by atoms with Crippen molar-refractivity contribution in [2.24, 2.45) is 0 Å². The van der Waals surface area contributed by atoms with Crippen molar-refractivity contribution < 1.29 is 14.6 Å². The van der Waals surface area contributed by atoms with Gasteiger partial charge >= 0.3 is 0 Å². The number of thioether (sulfide) groups is 1. The SMILES string of the molecule is COc1ccc(/C=C2\SC(=S)N(c3ccc(C)cc3C)C2=O)cc1O. The Bertz CT molecular complexity index is 906. The van der Waals surface area contributed by atoms with Gasteiger partial charge in [-0.1, -0.05) is 47.7 Å². The lowest BCUT2D eigenvalue weighted by molar-refractivity contribution is -0.113. The molecule has 1 heterocycles. The van der Waals surface area contributed by atoms with E-state index in [9.17, 15) is 9.90 Å². The van der Waals surface area contributed by atoms with Gasteiger partial charge in [-0.3, -0.25) is 9.69 Å². The monoisotopic (exact) mass is 371 g/mol. The van der Waals surface area contributed by atoms with Gasteiger partial charge in [-0.25, -0.2) is 0 Å². The minimum Gasteiger partial charge on any atom is -0.504 e. The van der Waals surface area contributed by atoms with Gasteiger partial charge in [-0.15, -0.1) is 0 Å². The molecule has 0 aromatic heterocycles. The molecular formula is C19H17NO3S2. The Hall–Kier alpha value is -2.31. The van der Waals surface area contributed by atoms with E-state index in [1.54, 1.807) is 29.2 Å². The first kappa shape index (κ1) is 17.5. The van der Waals surface area contributed by atoms with Crippen molar-refractivity contribution in [3.8, 4) is 11.5 Å². The van der Waals surface area contributed by atoms with Gasteiger partial charge in [0, 0.05) is 0 Å². The molecule has 25 heavy (non-hydrogen) atoms. The van der Waals surface area contributed by atoms with Gasteiger partial charge in [0.1, 0.15) is 0 Å². The van der Waals surface area contributed by atoms with Gasteiger partial charge < -0.3 is 9.84 Å². The van der Waals surface area contributed by atoms with Crippen LogP contribution in [0, 0.1) is 13.8 Å².